The zero-order valence-corrected chi connectivity index (χ0v) is 17.2. The molecule has 1 heterocycles. The second-order valence-corrected chi connectivity index (χ2v) is 7.21. The van der Waals surface area contributed by atoms with Crippen molar-refractivity contribution in [1.82, 2.24) is 9.78 Å². The summed E-state index contributed by atoms with van der Waals surface area (Å²) in [5.41, 5.74) is -3.15. The molecule has 0 spiro atoms. The minimum Gasteiger partial charge on any atom is -0.506 e. The number of ether oxygens (including phenoxy) is 1. The monoisotopic (exact) mass is 484 g/mol. The van der Waals surface area contributed by atoms with Gasteiger partial charge in [-0.1, -0.05) is 29.3 Å². The molecule has 0 saturated carbocycles. The van der Waals surface area contributed by atoms with Crippen LogP contribution in [0, 0.1) is 0 Å². The van der Waals surface area contributed by atoms with E-state index in [2.05, 4.69) is 5.10 Å². The largest absolute Gasteiger partial charge is 0.506 e. The van der Waals surface area contributed by atoms with Gasteiger partial charge < -0.3 is 9.84 Å². The second-order valence-electron chi connectivity index (χ2n) is 6.39. The van der Waals surface area contributed by atoms with Crippen LogP contribution in [0.1, 0.15) is 11.3 Å². The van der Waals surface area contributed by atoms with Crippen molar-refractivity contribution >= 4 is 23.2 Å². The van der Waals surface area contributed by atoms with Crippen LogP contribution in [-0.4, -0.2) is 22.0 Å². The van der Waals surface area contributed by atoms with Crippen LogP contribution >= 0.6 is 23.2 Å². The Labute approximate surface area is 181 Å². The Morgan fingerprint density at radius 1 is 0.968 bits per heavy atom. The van der Waals surface area contributed by atoms with E-state index < -0.39 is 34.4 Å². The van der Waals surface area contributed by atoms with Gasteiger partial charge in [-0.15, -0.1) is 0 Å². The minimum atomic E-state index is -4.79. The van der Waals surface area contributed by atoms with Crippen molar-refractivity contribution in [2.24, 2.45) is 7.05 Å². The third kappa shape index (κ3) is 4.27. The van der Waals surface area contributed by atoms with E-state index in [0.717, 1.165) is 16.8 Å². The smallest absolute Gasteiger partial charge is 0.435 e. The summed E-state index contributed by atoms with van der Waals surface area (Å²) in [6, 6.07) is 4.68. The number of hydrogen-bond acceptors (Lipinski definition) is 3. The Bertz CT molecular complexity index is 1160. The van der Waals surface area contributed by atoms with E-state index in [1.165, 1.54) is 20.2 Å². The van der Waals surface area contributed by atoms with Gasteiger partial charge in [-0.05, 0) is 29.8 Å². The SMILES string of the molecule is COc1c(Cl)cc(-c2cc(C(F)(F)F)nn2C)c(O)c1-c1ccc(Cl)c(C(F)(F)F)c1. The molecule has 0 saturated heterocycles. The zero-order chi connectivity index (χ0) is 23.3. The number of aromatic nitrogens is 2. The molecule has 3 rings (SSSR count). The lowest BCUT2D eigenvalue weighted by Crippen LogP contribution is -2.06. The Kier molecular flexibility index (Phi) is 5.83. The van der Waals surface area contributed by atoms with Crippen LogP contribution in [0.25, 0.3) is 22.4 Å². The van der Waals surface area contributed by atoms with Crippen molar-refractivity contribution in [2.75, 3.05) is 7.11 Å². The quantitative estimate of drug-likeness (QED) is 0.415. The Morgan fingerprint density at radius 2 is 1.61 bits per heavy atom. The van der Waals surface area contributed by atoms with Crippen molar-refractivity contribution in [3.8, 4) is 33.9 Å². The van der Waals surface area contributed by atoms with Crippen LogP contribution < -0.4 is 4.74 Å². The van der Waals surface area contributed by atoms with Gasteiger partial charge in [0.25, 0.3) is 0 Å². The number of hydrogen-bond donors (Lipinski definition) is 1. The number of alkyl halides is 6. The number of aromatic hydroxyl groups is 1. The fourth-order valence-electron chi connectivity index (χ4n) is 3.04. The highest BCUT2D eigenvalue weighted by molar-refractivity contribution is 6.33. The van der Waals surface area contributed by atoms with Crippen molar-refractivity contribution in [1.29, 1.82) is 0 Å². The van der Waals surface area contributed by atoms with Crippen LogP contribution in [0.3, 0.4) is 0 Å². The highest BCUT2D eigenvalue weighted by atomic mass is 35.5. The average Bonchev–Trinajstić information content (AvgIpc) is 3.04. The summed E-state index contributed by atoms with van der Waals surface area (Å²) in [4.78, 5) is 0. The lowest BCUT2D eigenvalue weighted by molar-refractivity contribution is -0.141. The third-order valence-electron chi connectivity index (χ3n) is 4.42. The molecule has 0 bridgehead atoms. The molecule has 0 aliphatic carbocycles. The van der Waals surface area contributed by atoms with Gasteiger partial charge in [0, 0.05) is 12.6 Å². The van der Waals surface area contributed by atoms with E-state index >= 15 is 0 Å². The normalized spacial score (nSPS) is 12.3. The van der Waals surface area contributed by atoms with Gasteiger partial charge in [-0.2, -0.15) is 31.4 Å². The molecular formula is C19H12Cl2F6N2O2. The first-order valence-corrected chi connectivity index (χ1v) is 9.09. The lowest BCUT2D eigenvalue weighted by atomic mass is 9.96. The maximum Gasteiger partial charge on any atom is 0.435 e. The van der Waals surface area contributed by atoms with Crippen LogP contribution in [0.15, 0.2) is 30.3 Å². The predicted molar refractivity (Wildman–Crippen MR) is 102 cm³/mol. The fraction of sp³-hybridized carbons (Fsp3) is 0.211. The van der Waals surface area contributed by atoms with Gasteiger partial charge in [0.1, 0.15) is 11.5 Å². The molecule has 0 unspecified atom stereocenters. The van der Waals surface area contributed by atoms with Crippen molar-refractivity contribution < 1.29 is 36.2 Å². The van der Waals surface area contributed by atoms with Crippen molar-refractivity contribution in [3.05, 3.63) is 51.6 Å². The molecule has 166 valence electrons. The van der Waals surface area contributed by atoms with Crippen LogP contribution in [0.5, 0.6) is 11.5 Å². The second kappa shape index (κ2) is 7.83. The maximum absolute atomic E-state index is 13.3. The molecule has 0 fully saturated rings. The molecule has 31 heavy (non-hydrogen) atoms. The van der Waals surface area contributed by atoms with E-state index in [4.69, 9.17) is 27.9 Å². The minimum absolute atomic E-state index is 0.149. The third-order valence-corrected chi connectivity index (χ3v) is 5.03. The average molecular weight is 485 g/mol. The van der Waals surface area contributed by atoms with Crippen molar-refractivity contribution in [3.63, 3.8) is 0 Å². The molecule has 0 atom stereocenters. The maximum atomic E-state index is 13.3. The molecule has 0 radical (unpaired) electrons. The molecule has 2 aromatic carbocycles. The summed E-state index contributed by atoms with van der Waals surface area (Å²) in [6.45, 7) is 0. The standard InChI is InChI=1S/C19H12Cl2F6N2O2/c1-29-13(7-14(28-29)19(25,26)27)9-6-12(21)17(31-2)15(16(9)30)8-3-4-11(20)10(5-8)18(22,23)24/h3-7,30H,1-2H3. The van der Waals surface area contributed by atoms with E-state index in [0.29, 0.717) is 12.1 Å². The highest BCUT2D eigenvalue weighted by Gasteiger charge is 2.36. The first-order valence-electron chi connectivity index (χ1n) is 8.33. The summed E-state index contributed by atoms with van der Waals surface area (Å²) < 4.78 is 85.0. The first kappa shape index (κ1) is 23.1. The Morgan fingerprint density at radius 3 is 2.13 bits per heavy atom. The van der Waals surface area contributed by atoms with Gasteiger partial charge in [0.2, 0.25) is 0 Å². The molecule has 1 aromatic heterocycles. The summed E-state index contributed by atoms with van der Waals surface area (Å²) >= 11 is 11.8. The van der Waals surface area contributed by atoms with Crippen molar-refractivity contribution in [2.45, 2.75) is 12.4 Å². The fourth-order valence-corrected chi connectivity index (χ4v) is 3.55. The summed E-state index contributed by atoms with van der Waals surface area (Å²) in [7, 11) is 2.39. The number of rotatable bonds is 3. The van der Waals surface area contributed by atoms with E-state index in [1.54, 1.807) is 0 Å². The highest BCUT2D eigenvalue weighted by Crippen LogP contribution is 2.49. The van der Waals surface area contributed by atoms with Gasteiger partial charge in [0.05, 0.1) is 34.0 Å². The van der Waals surface area contributed by atoms with Gasteiger partial charge >= 0.3 is 12.4 Å². The number of methoxy groups -OCH3 is 1. The number of halogens is 8. The number of phenols is 1. The zero-order valence-electron chi connectivity index (χ0n) is 15.7. The molecule has 0 amide bonds. The molecule has 0 aliphatic heterocycles. The van der Waals surface area contributed by atoms with Crippen LogP contribution in [0.4, 0.5) is 26.3 Å². The Balaban J connectivity index is 2.32. The molecular weight excluding hydrogens is 473 g/mol. The van der Waals surface area contributed by atoms with Gasteiger partial charge in [-0.25, -0.2) is 0 Å². The molecule has 4 nitrogen and oxygen atoms in total. The predicted octanol–water partition coefficient (Wildman–Crippen LogP) is 6.81. The summed E-state index contributed by atoms with van der Waals surface area (Å²) in [6.07, 6.45) is -9.54. The molecule has 1 N–H and O–H groups in total. The van der Waals surface area contributed by atoms with Crippen LogP contribution in [-0.2, 0) is 19.4 Å². The summed E-state index contributed by atoms with van der Waals surface area (Å²) in [5, 5.41) is 13.5. The van der Waals surface area contributed by atoms with E-state index in [9.17, 15) is 31.4 Å². The van der Waals surface area contributed by atoms with Gasteiger partial charge in [0.15, 0.2) is 5.69 Å². The number of phenolic OH excluding ortho intramolecular Hbond substituents is 1. The Hall–Kier alpha value is -2.59. The van der Waals surface area contributed by atoms with E-state index in [-0.39, 0.29) is 33.2 Å². The molecule has 0 aliphatic rings. The number of aryl methyl sites for hydroxylation is 1. The first-order chi connectivity index (χ1) is 14.3. The van der Waals surface area contributed by atoms with E-state index in [1.807, 2.05) is 0 Å². The van der Waals surface area contributed by atoms with Crippen LogP contribution in [0.2, 0.25) is 10.0 Å². The summed E-state index contributed by atoms with van der Waals surface area (Å²) in [5.74, 6) is -0.815. The molecule has 12 heteroatoms. The lowest BCUT2D eigenvalue weighted by Gasteiger charge is -2.18. The number of benzene rings is 2. The topological polar surface area (TPSA) is 47.3 Å². The molecule has 3 aromatic rings. The van der Waals surface area contributed by atoms with Gasteiger partial charge in [-0.3, -0.25) is 4.68 Å². The number of nitrogens with zero attached hydrogens (tertiary/aromatic N) is 2.